The number of hydrogen-bond acceptors (Lipinski definition) is 6. The van der Waals surface area contributed by atoms with E-state index in [-0.39, 0.29) is 11.6 Å². The van der Waals surface area contributed by atoms with Gasteiger partial charge in [0.2, 0.25) is 0 Å². The molecule has 2 aromatic heterocycles. The highest BCUT2D eigenvalue weighted by Gasteiger charge is 2.21. The standard InChI is InChI=1S/C31H28N6O3/c38-31-29(27-17-26(37(39)40)13-14-28(27)35-31)30(23-8-3-22(4-9-23)19-36-15-1-2-16-36)34-24-10-5-21(6-11-24)7-12-25-18-32-20-33-25/h3-14,17-18,20,35,38H,1-2,15-16,19H2,(H,32,33)/b12-7+,34-30?. The number of H-pyrrole nitrogens is 2. The fourth-order valence-corrected chi connectivity index (χ4v) is 5.08. The van der Waals surface area contributed by atoms with Gasteiger partial charge in [-0.3, -0.25) is 15.0 Å². The Morgan fingerprint density at radius 3 is 2.52 bits per heavy atom. The number of likely N-dealkylation sites (tertiary alicyclic amines) is 1. The lowest BCUT2D eigenvalue weighted by molar-refractivity contribution is -0.384. The Bertz CT molecular complexity index is 1690. The molecule has 0 atom stereocenters. The summed E-state index contributed by atoms with van der Waals surface area (Å²) in [6, 6.07) is 20.4. The Morgan fingerprint density at radius 1 is 1.05 bits per heavy atom. The first-order valence-electron chi connectivity index (χ1n) is 13.2. The number of aromatic nitrogens is 3. The molecule has 3 N–H and O–H groups in total. The van der Waals surface area contributed by atoms with Gasteiger partial charge >= 0.3 is 0 Å². The van der Waals surface area contributed by atoms with Gasteiger partial charge in [-0.05, 0) is 61.3 Å². The van der Waals surface area contributed by atoms with Crippen molar-refractivity contribution in [2.75, 3.05) is 13.1 Å². The number of nitro benzene ring substituents is 1. The molecule has 5 aromatic rings. The third-order valence-electron chi connectivity index (χ3n) is 7.15. The van der Waals surface area contributed by atoms with E-state index in [1.165, 1.54) is 30.5 Å². The average molecular weight is 533 g/mol. The van der Waals surface area contributed by atoms with Gasteiger partial charge in [0.25, 0.3) is 5.69 Å². The van der Waals surface area contributed by atoms with Crippen molar-refractivity contribution in [3.63, 3.8) is 0 Å². The number of nitro groups is 1. The van der Waals surface area contributed by atoms with Crippen molar-refractivity contribution in [3.8, 4) is 5.88 Å². The number of nitrogens with zero attached hydrogens (tertiary/aromatic N) is 4. The number of aromatic hydroxyl groups is 1. The normalized spacial score (nSPS) is 14.4. The molecule has 0 spiro atoms. The number of aliphatic imine (C=N–C) groups is 1. The SMILES string of the molecule is O=[N+]([O-])c1ccc2[nH]c(O)c(C(=Nc3ccc(/C=C/c4cnc[nH]4)cc3)c3ccc(CN4CCCC4)cc3)c2c1. The van der Waals surface area contributed by atoms with Crippen LogP contribution in [-0.2, 0) is 6.54 Å². The maximum Gasteiger partial charge on any atom is 0.270 e. The second kappa shape index (κ2) is 11.0. The summed E-state index contributed by atoms with van der Waals surface area (Å²) >= 11 is 0. The van der Waals surface area contributed by atoms with Crippen molar-refractivity contribution in [2.24, 2.45) is 4.99 Å². The second-order valence-corrected chi connectivity index (χ2v) is 9.91. The molecule has 3 aromatic carbocycles. The van der Waals surface area contributed by atoms with E-state index in [0.29, 0.717) is 27.9 Å². The Hall–Kier alpha value is -5.02. The molecule has 1 saturated heterocycles. The van der Waals surface area contributed by atoms with Gasteiger partial charge < -0.3 is 15.1 Å². The van der Waals surface area contributed by atoms with Gasteiger partial charge in [-0.15, -0.1) is 0 Å². The maximum absolute atomic E-state index is 11.5. The zero-order valence-electron chi connectivity index (χ0n) is 21.7. The van der Waals surface area contributed by atoms with E-state index in [4.69, 9.17) is 4.99 Å². The van der Waals surface area contributed by atoms with Crippen molar-refractivity contribution in [3.05, 3.63) is 117 Å². The number of imidazole rings is 1. The maximum atomic E-state index is 11.5. The molecule has 40 heavy (non-hydrogen) atoms. The molecule has 0 amide bonds. The van der Waals surface area contributed by atoms with Gasteiger partial charge in [0.05, 0.1) is 40.1 Å². The first-order chi connectivity index (χ1) is 19.5. The fourth-order valence-electron chi connectivity index (χ4n) is 5.08. The number of aromatic amines is 2. The Kier molecular flexibility index (Phi) is 6.95. The summed E-state index contributed by atoms with van der Waals surface area (Å²) in [4.78, 5) is 28.5. The predicted octanol–water partition coefficient (Wildman–Crippen LogP) is 6.44. The topological polar surface area (TPSA) is 123 Å². The van der Waals surface area contributed by atoms with E-state index in [2.05, 4.69) is 32.0 Å². The smallest absolute Gasteiger partial charge is 0.270 e. The summed E-state index contributed by atoms with van der Waals surface area (Å²) in [5.74, 6) is -0.0884. The van der Waals surface area contributed by atoms with Crippen LogP contribution < -0.4 is 0 Å². The molecule has 1 aliphatic rings. The summed E-state index contributed by atoms with van der Waals surface area (Å²) in [7, 11) is 0. The van der Waals surface area contributed by atoms with Crippen LogP contribution in [0.1, 0.15) is 40.8 Å². The predicted molar refractivity (Wildman–Crippen MR) is 157 cm³/mol. The first-order valence-corrected chi connectivity index (χ1v) is 13.2. The molecular formula is C31H28N6O3. The van der Waals surface area contributed by atoms with Gasteiger partial charge in [0.15, 0.2) is 5.88 Å². The summed E-state index contributed by atoms with van der Waals surface area (Å²) in [5, 5.41) is 23.0. The minimum Gasteiger partial charge on any atom is -0.494 e. The van der Waals surface area contributed by atoms with Crippen molar-refractivity contribution in [1.82, 2.24) is 19.9 Å². The lowest BCUT2D eigenvalue weighted by Gasteiger charge is -2.15. The molecule has 6 rings (SSSR count). The molecule has 9 heteroatoms. The van der Waals surface area contributed by atoms with Crippen LogP contribution in [0.4, 0.5) is 11.4 Å². The largest absolute Gasteiger partial charge is 0.494 e. The Labute approximate surface area is 230 Å². The Balaban J connectivity index is 1.40. The molecule has 200 valence electrons. The molecule has 0 saturated carbocycles. The zero-order valence-corrected chi connectivity index (χ0v) is 21.7. The van der Waals surface area contributed by atoms with E-state index >= 15 is 0 Å². The summed E-state index contributed by atoms with van der Waals surface area (Å²) < 4.78 is 0. The van der Waals surface area contributed by atoms with Crippen LogP contribution in [0.5, 0.6) is 5.88 Å². The summed E-state index contributed by atoms with van der Waals surface area (Å²) in [5.41, 5.74) is 6.08. The van der Waals surface area contributed by atoms with Crippen LogP contribution in [0.25, 0.3) is 23.1 Å². The van der Waals surface area contributed by atoms with Crippen LogP contribution in [0.2, 0.25) is 0 Å². The lowest BCUT2D eigenvalue weighted by atomic mass is 9.99. The first kappa shape index (κ1) is 25.3. The zero-order chi connectivity index (χ0) is 27.5. The molecule has 3 heterocycles. The van der Waals surface area contributed by atoms with E-state index in [9.17, 15) is 15.2 Å². The molecule has 0 radical (unpaired) electrons. The van der Waals surface area contributed by atoms with Crippen molar-refractivity contribution < 1.29 is 10.0 Å². The van der Waals surface area contributed by atoms with E-state index < -0.39 is 4.92 Å². The molecule has 1 fully saturated rings. The molecule has 1 aliphatic heterocycles. The number of rotatable bonds is 8. The van der Waals surface area contributed by atoms with Crippen LogP contribution in [0.3, 0.4) is 0 Å². The number of nitrogens with one attached hydrogen (secondary N) is 2. The minimum absolute atomic E-state index is 0.0542. The highest BCUT2D eigenvalue weighted by Crippen LogP contribution is 2.34. The van der Waals surface area contributed by atoms with Gasteiger partial charge in [0.1, 0.15) is 0 Å². The number of fused-ring (bicyclic) bond motifs is 1. The van der Waals surface area contributed by atoms with Crippen LogP contribution in [0.15, 0.2) is 84.2 Å². The van der Waals surface area contributed by atoms with Crippen LogP contribution in [0, 0.1) is 10.1 Å². The van der Waals surface area contributed by atoms with E-state index in [1.807, 2.05) is 48.6 Å². The van der Waals surface area contributed by atoms with Crippen molar-refractivity contribution in [1.29, 1.82) is 0 Å². The lowest BCUT2D eigenvalue weighted by Crippen LogP contribution is -2.18. The minimum atomic E-state index is -0.438. The van der Waals surface area contributed by atoms with Gasteiger partial charge in [-0.25, -0.2) is 9.98 Å². The molecule has 0 bridgehead atoms. The van der Waals surface area contributed by atoms with Gasteiger partial charge in [-0.1, -0.05) is 42.5 Å². The van der Waals surface area contributed by atoms with Crippen molar-refractivity contribution in [2.45, 2.75) is 19.4 Å². The Morgan fingerprint density at radius 2 is 1.82 bits per heavy atom. The number of hydrogen-bond donors (Lipinski definition) is 3. The summed E-state index contributed by atoms with van der Waals surface area (Å²) in [6.45, 7) is 3.12. The average Bonchev–Trinajstić information content (AvgIpc) is 3.73. The van der Waals surface area contributed by atoms with Gasteiger partial charge in [0, 0.05) is 35.1 Å². The molecule has 0 aliphatic carbocycles. The summed E-state index contributed by atoms with van der Waals surface area (Å²) in [6.07, 6.45) is 9.77. The number of benzene rings is 3. The number of non-ortho nitro benzene ring substituents is 1. The second-order valence-electron chi connectivity index (χ2n) is 9.91. The fraction of sp³-hybridized carbons (Fsp3) is 0.161. The van der Waals surface area contributed by atoms with Gasteiger partial charge in [-0.2, -0.15) is 0 Å². The van der Waals surface area contributed by atoms with Crippen LogP contribution >= 0.6 is 0 Å². The van der Waals surface area contributed by atoms with E-state index in [0.717, 1.165) is 36.5 Å². The third-order valence-corrected chi connectivity index (χ3v) is 7.15. The third kappa shape index (κ3) is 5.41. The van der Waals surface area contributed by atoms with Crippen molar-refractivity contribution >= 4 is 40.1 Å². The molecule has 0 unspecified atom stereocenters. The highest BCUT2D eigenvalue weighted by molar-refractivity contribution is 6.22. The quantitative estimate of drug-likeness (QED) is 0.121. The monoisotopic (exact) mass is 532 g/mol. The highest BCUT2D eigenvalue weighted by atomic mass is 16.6. The van der Waals surface area contributed by atoms with E-state index in [1.54, 1.807) is 18.6 Å². The molecule has 9 nitrogen and oxygen atoms in total. The molecular weight excluding hydrogens is 504 g/mol. The van der Waals surface area contributed by atoms with Crippen LogP contribution in [-0.4, -0.2) is 48.7 Å².